The number of unbranched alkanes of at least 4 members (excludes halogenated alkanes) is 1. The molecule has 116 valence electrons. The molecule has 4 nitrogen and oxygen atoms in total. The third kappa shape index (κ3) is 6.34. The number of carbonyl (C=O) groups is 1. The molecule has 0 aromatic heterocycles. The summed E-state index contributed by atoms with van der Waals surface area (Å²) in [5, 5.41) is 2.83. The number of nitrogens with zero attached hydrogens (tertiary/aromatic N) is 1. The molecule has 0 unspecified atom stereocenters. The van der Waals surface area contributed by atoms with Gasteiger partial charge in [0.15, 0.2) is 0 Å². The fourth-order valence-electron chi connectivity index (χ4n) is 1.95. The number of benzene rings is 1. The Morgan fingerprint density at radius 3 is 2.48 bits per heavy atom. The molecule has 1 aromatic carbocycles. The first-order chi connectivity index (χ1) is 10.2. The molecule has 0 atom stereocenters. The van der Waals surface area contributed by atoms with Crippen molar-refractivity contribution in [2.45, 2.75) is 33.1 Å². The minimum atomic E-state index is -0.0324. The van der Waals surface area contributed by atoms with Crippen LogP contribution in [0, 0.1) is 0 Å². The molecule has 0 aliphatic rings. The fourth-order valence-corrected chi connectivity index (χ4v) is 1.95. The van der Waals surface area contributed by atoms with Crippen LogP contribution in [0.5, 0.6) is 5.75 Å². The summed E-state index contributed by atoms with van der Waals surface area (Å²) in [4.78, 5) is 13.9. The molecule has 0 aliphatic heterocycles. The van der Waals surface area contributed by atoms with Crippen molar-refractivity contribution in [2.24, 2.45) is 0 Å². The van der Waals surface area contributed by atoms with E-state index in [1.54, 1.807) is 13.3 Å². The number of methoxy groups -OCH3 is 1. The van der Waals surface area contributed by atoms with Gasteiger partial charge >= 0.3 is 6.03 Å². The van der Waals surface area contributed by atoms with Gasteiger partial charge in [0, 0.05) is 19.3 Å². The topological polar surface area (TPSA) is 41.6 Å². The quantitative estimate of drug-likeness (QED) is 0.789. The van der Waals surface area contributed by atoms with E-state index in [2.05, 4.69) is 19.2 Å². The van der Waals surface area contributed by atoms with Gasteiger partial charge in [0.1, 0.15) is 5.75 Å². The maximum Gasteiger partial charge on any atom is 0.321 e. The molecule has 0 fully saturated rings. The van der Waals surface area contributed by atoms with E-state index in [9.17, 15) is 4.79 Å². The fraction of sp³-hybridized carbons (Fsp3) is 0.471. The van der Waals surface area contributed by atoms with Crippen LogP contribution in [0.15, 0.2) is 30.5 Å². The molecule has 4 heteroatoms. The van der Waals surface area contributed by atoms with E-state index in [1.165, 1.54) is 0 Å². The highest BCUT2D eigenvalue weighted by Gasteiger charge is 2.09. The van der Waals surface area contributed by atoms with Crippen LogP contribution in [-0.4, -0.2) is 31.1 Å². The number of amides is 2. The summed E-state index contributed by atoms with van der Waals surface area (Å²) in [6.07, 6.45) is 6.67. The molecule has 21 heavy (non-hydrogen) atoms. The van der Waals surface area contributed by atoms with Crippen LogP contribution in [0.25, 0.3) is 6.08 Å². The van der Waals surface area contributed by atoms with Gasteiger partial charge in [0.25, 0.3) is 0 Å². The van der Waals surface area contributed by atoms with Gasteiger partial charge in [-0.2, -0.15) is 0 Å². The Morgan fingerprint density at radius 1 is 1.19 bits per heavy atom. The monoisotopic (exact) mass is 290 g/mol. The summed E-state index contributed by atoms with van der Waals surface area (Å²) in [5.41, 5.74) is 1.02. The van der Waals surface area contributed by atoms with Gasteiger partial charge in [-0.25, -0.2) is 4.79 Å². The lowest BCUT2D eigenvalue weighted by molar-refractivity contribution is 0.200. The van der Waals surface area contributed by atoms with E-state index in [4.69, 9.17) is 4.74 Å². The van der Waals surface area contributed by atoms with Crippen LogP contribution in [0.4, 0.5) is 4.79 Å². The minimum absolute atomic E-state index is 0.0324. The first-order valence-corrected chi connectivity index (χ1v) is 7.57. The van der Waals surface area contributed by atoms with E-state index in [0.717, 1.165) is 43.7 Å². The third-order valence-electron chi connectivity index (χ3n) is 3.16. The van der Waals surface area contributed by atoms with Gasteiger partial charge in [-0.1, -0.05) is 32.4 Å². The van der Waals surface area contributed by atoms with E-state index >= 15 is 0 Å². The predicted molar refractivity (Wildman–Crippen MR) is 87.3 cm³/mol. The highest BCUT2D eigenvalue weighted by Crippen LogP contribution is 2.11. The summed E-state index contributed by atoms with van der Waals surface area (Å²) < 4.78 is 5.11. The lowest BCUT2D eigenvalue weighted by atomic mass is 10.2. The molecule has 1 N–H and O–H groups in total. The summed E-state index contributed by atoms with van der Waals surface area (Å²) >= 11 is 0. The molecule has 0 saturated carbocycles. The standard InChI is InChI=1S/C17H26N2O2/c1-4-6-14-19(13-5-2)17(20)18-12-11-15-7-9-16(21-3)10-8-15/h7-12H,4-6,13-14H2,1-3H3,(H,18,20)/b12-11+. The summed E-state index contributed by atoms with van der Waals surface area (Å²) in [6, 6.07) is 7.65. The maximum atomic E-state index is 12.1. The maximum absolute atomic E-state index is 12.1. The van der Waals surface area contributed by atoms with Crippen molar-refractivity contribution in [2.75, 3.05) is 20.2 Å². The zero-order chi connectivity index (χ0) is 15.5. The minimum Gasteiger partial charge on any atom is -0.497 e. The SMILES string of the molecule is CCCCN(CCC)C(=O)N/C=C/c1ccc(OC)cc1. The Bertz CT molecular complexity index is 441. The second-order valence-electron chi connectivity index (χ2n) is 4.90. The normalized spacial score (nSPS) is 10.6. The molecule has 0 saturated heterocycles. The zero-order valence-corrected chi connectivity index (χ0v) is 13.3. The highest BCUT2D eigenvalue weighted by molar-refractivity contribution is 5.76. The summed E-state index contributed by atoms with van der Waals surface area (Å²) in [7, 11) is 1.64. The number of carbonyl (C=O) groups excluding carboxylic acids is 1. The molecule has 0 aliphatic carbocycles. The van der Waals surface area contributed by atoms with E-state index in [1.807, 2.05) is 35.2 Å². The summed E-state index contributed by atoms with van der Waals surface area (Å²) in [6.45, 7) is 5.82. The van der Waals surface area contributed by atoms with E-state index in [0.29, 0.717) is 0 Å². The Labute approximate surface area is 127 Å². The van der Waals surface area contributed by atoms with Crippen molar-refractivity contribution >= 4 is 12.1 Å². The van der Waals surface area contributed by atoms with Crippen molar-refractivity contribution in [3.05, 3.63) is 36.0 Å². The Kier molecular flexibility index (Phi) is 8.02. The number of rotatable bonds is 8. The van der Waals surface area contributed by atoms with Gasteiger partial charge in [-0.3, -0.25) is 0 Å². The van der Waals surface area contributed by atoms with Crippen LogP contribution < -0.4 is 10.1 Å². The highest BCUT2D eigenvalue weighted by atomic mass is 16.5. The van der Waals surface area contributed by atoms with Crippen LogP contribution >= 0.6 is 0 Å². The van der Waals surface area contributed by atoms with Crippen LogP contribution in [0.1, 0.15) is 38.7 Å². The zero-order valence-electron chi connectivity index (χ0n) is 13.3. The summed E-state index contributed by atoms with van der Waals surface area (Å²) in [5.74, 6) is 0.824. The van der Waals surface area contributed by atoms with Crippen LogP contribution in [0.2, 0.25) is 0 Å². The Hall–Kier alpha value is -1.97. The molecule has 0 bridgehead atoms. The average Bonchev–Trinajstić information content (AvgIpc) is 2.52. The molecular weight excluding hydrogens is 264 g/mol. The number of hydrogen-bond donors (Lipinski definition) is 1. The number of ether oxygens (including phenoxy) is 1. The smallest absolute Gasteiger partial charge is 0.321 e. The van der Waals surface area contributed by atoms with Crippen molar-refractivity contribution in [3.8, 4) is 5.75 Å². The molecule has 0 heterocycles. The second-order valence-corrected chi connectivity index (χ2v) is 4.90. The van der Waals surface area contributed by atoms with Gasteiger partial charge in [-0.15, -0.1) is 0 Å². The molecule has 0 spiro atoms. The van der Waals surface area contributed by atoms with Crippen LogP contribution in [0.3, 0.4) is 0 Å². The first-order valence-electron chi connectivity index (χ1n) is 7.57. The number of urea groups is 1. The van der Waals surface area contributed by atoms with Crippen molar-refractivity contribution in [1.82, 2.24) is 10.2 Å². The molecule has 1 aromatic rings. The Balaban J connectivity index is 2.50. The third-order valence-corrected chi connectivity index (χ3v) is 3.16. The number of hydrogen-bond acceptors (Lipinski definition) is 2. The largest absolute Gasteiger partial charge is 0.497 e. The lowest BCUT2D eigenvalue weighted by Gasteiger charge is -2.21. The molecular formula is C17H26N2O2. The second kappa shape index (κ2) is 9.86. The van der Waals surface area contributed by atoms with Gasteiger partial charge in [0.2, 0.25) is 0 Å². The Morgan fingerprint density at radius 2 is 1.90 bits per heavy atom. The van der Waals surface area contributed by atoms with E-state index < -0.39 is 0 Å². The van der Waals surface area contributed by atoms with Crippen molar-refractivity contribution < 1.29 is 9.53 Å². The van der Waals surface area contributed by atoms with Crippen molar-refractivity contribution in [3.63, 3.8) is 0 Å². The van der Waals surface area contributed by atoms with Crippen molar-refractivity contribution in [1.29, 1.82) is 0 Å². The van der Waals surface area contributed by atoms with E-state index in [-0.39, 0.29) is 6.03 Å². The van der Waals surface area contributed by atoms with Crippen LogP contribution in [-0.2, 0) is 0 Å². The average molecular weight is 290 g/mol. The lowest BCUT2D eigenvalue weighted by Crippen LogP contribution is -2.38. The molecule has 1 rings (SSSR count). The van der Waals surface area contributed by atoms with Gasteiger partial charge < -0.3 is 15.0 Å². The molecule has 2 amide bonds. The number of nitrogens with one attached hydrogen (secondary N) is 1. The molecule has 0 radical (unpaired) electrons. The van der Waals surface area contributed by atoms with Gasteiger partial charge in [-0.05, 0) is 36.6 Å². The first kappa shape index (κ1) is 17.1. The van der Waals surface area contributed by atoms with Gasteiger partial charge in [0.05, 0.1) is 7.11 Å². The predicted octanol–water partition coefficient (Wildman–Crippen LogP) is 3.89.